The van der Waals surface area contributed by atoms with Gasteiger partial charge >= 0.3 is 0 Å². The van der Waals surface area contributed by atoms with E-state index < -0.39 is 0 Å². The van der Waals surface area contributed by atoms with Crippen molar-refractivity contribution < 1.29 is 14.3 Å². The van der Waals surface area contributed by atoms with Gasteiger partial charge in [-0.25, -0.2) is 0 Å². The standard InChI is InChI=1S/C13H9ClN2O4/c14-8-3-10-11(20-6-19-10)4-9(8)16-13(18)7-1-2-12(17)15-5-7/h1-5H,6H2,(H,15,17)(H,16,18). The average molecular weight is 293 g/mol. The van der Waals surface area contributed by atoms with Crippen molar-refractivity contribution in [3.05, 3.63) is 51.4 Å². The first-order chi connectivity index (χ1) is 9.63. The number of hydrogen-bond donors (Lipinski definition) is 2. The molecule has 2 heterocycles. The smallest absolute Gasteiger partial charge is 0.257 e. The van der Waals surface area contributed by atoms with Gasteiger partial charge in [0.05, 0.1) is 16.3 Å². The number of nitrogens with one attached hydrogen (secondary N) is 2. The van der Waals surface area contributed by atoms with Crippen LogP contribution in [0.3, 0.4) is 0 Å². The van der Waals surface area contributed by atoms with Gasteiger partial charge in [-0.2, -0.15) is 0 Å². The van der Waals surface area contributed by atoms with E-state index in [1.807, 2.05) is 0 Å². The number of carbonyl (C=O) groups is 1. The summed E-state index contributed by atoms with van der Waals surface area (Å²) in [6.45, 7) is 0.128. The molecule has 102 valence electrons. The van der Waals surface area contributed by atoms with Gasteiger partial charge in [0.15, 0.2) is 11.5 Å². The SMILES string of the molecule is O=C(Nc1cc2c(cc1Cl)OCO2)c1ccc(=O)[nH]c1. The lowest BCUT2D eigenvalue weighted by Crippen LogP contribution is -2.14. The zero-order valence-electron chi connectivity index (χ0n) is 10.1. The highest BCUT2D eigenvalue weighted by atomic mass is 35.5. The summed E-state index contributed by atoms with van der Waals surface area (Å²) in [7, 11) is 0. The van der Waals surface area contributed by atoms with Crippen LogP contribution >= 0.6 is 11.6 Å². The molecule has 0 atom stereocenters. The minimum Gasteiger partial charge on any atom is -0.454 e. The maximum atomic E-state index is 12.0. The highest BCUT2D eigenvalue weighted by Gasteiger charge is 2.18. The minimum absolute atomic E-state index is 0.128. The third kappa shape index (κ3) is 2.33. The Morgan fingerprint density at radius 3 is 2.70 bits per heavy atom. The van der Waals surface area contributed by atoms with E-state index in [-0.39, 0.29) is 18.3 Å². The number of rotatable bonds is 2. The maximum absolute atomic E-state index is 12.0. The molecule has 0 aliphatic carbocycles. The Morgan fingerprint density at radius 1 is 1.25 bits per heavy atom. The Morgan fingerprint density at radius 2 is 2.00 bits per heavy atom. The van der Waals surface area contributed by atoms with E-state index in [0.717, 1.165) is 0 Å². The van der Waals surface area contributed by atoms with Gasteiger partial charge in [-0.3, -0.25) is 9.59 Å². The minimum atomic E-state index is -0.387. The molecule has 0 bridgehead atoms. The zero-order chi connectivity index (χ0) is 14.1. The van der Waals surface area contributed by atoms with Gasteiger partial charge in [-0.1, -0.05) is 11.6 Å². The molecular formula is C13H9ClN2O4. The van der Waals surface area contributed by atoms with Crippen LogP contribution in [0.5, 0.6) is 11.5 Å². The molecule has 1 aliphatic heterocycles. The first kappa shape index (κ1) is 12.6. The molecule has 0 fully saturated rings. The summed E-state index contributed by atoms with van der Waals surface area (Å²) in [5.74, 6) is 0.672. The number of amides is 1. The van der Waals surface area contributed by atoms with Gasteiger partial charge < -0.3 is 19.8 Å². The molecule has 20 heavy (non-hydrogen) atoms. The van der Waals surface area contributed by atoms with Gasteiger partial charge in [-0.05, 0) is 6.07 Å². The number of hydrogen-bond acceptors (Lipinski definition) is 4. The van der Waals surface area contributed by atoms with Crippen LogP contribution in [0.15, 0.2) is 35.3 Å². The number of carbonyl (C=O) groups excluding carboxylic acids is 1. The van der Waals surface area contributed by atoms with Crippen LogP contribution in [-0.4, -0.2) is 17.7 Å². The molecule has 1 aliphatic rings. The van der Waals surface area contributed by atoms with E-state index in [0.29, 0.717) is 27.8 Å². The Kier molecular flexibility index (Phi) is 3.08. The second-order valence-electron chi connectivity index (χ2n) is 4.08. The number of fused-ring (bicyclic) bond motifs is 1. The quantitative estimate of drug-likeness (QED) is 0.887. The van der Waals surface area contributed by atoms with Crippen LogP contribution in [0.1, 0.15) is 10.4 Å². The Bertz CT molecular complexity index is 721. The predicted molar refractivity (Wildman–Crippen MR) is 72.6 cm³/mol. The lowest BCUT2D eigenvalue weighted by molar-refractivity contribution is 0.102. The number of aromatic amines is 1. The third-order valence-electron chi connectivity index (χ3n) is 2.76. The topological polar surface area (TPSA) is 80.4 Å². The molecule has 0 radical (unpaired) electrons. The van der Waals surface area contributed by atoms with Crippen molar-refractivity contribution in [2.24, 2.45) is 0 Å². The van der Waals surface area contributed by atoms with Gasteiger partial charge in [0.25, 0.3) is 5.91 Å². The fourth-order valence-corrected chi connectivity index (χ4v) is 1.96. The van der Waals surface area contributed by atoms with Crippen LogP contribution < -0.4 is 20.3 Å². The number of H-pyrrole nitrogens is 1. The molecule has 1 aromatic heterocycles. The van der Waals surface area contributed by atoms with Crippen molar-refractivity contribution in [2.45, 2.75) is 0 Å². The van der Waals surface area contributed by atoms with Crippen LogP contribution in [-0.2, 0) is 0 Å². The summed E-state index contributed by atoms with van der Waals surface area (Å²) < 4.78 is 10.4. The van der Waals surface area contributed by atoms with E-state index in [4.69, 9.17) is 21.1 Å². The molecule has 3 rings (SSSR count). The number of aromatic nitrogens is 1. The first-order valence-corrected chi connectivity index (χ1v) is 6.10. The fraction of sp³-hybridized carbons (Fsp3) is 0.0769. The van der Waals surface area contributed by atoms with Crippen LogP contribution in [0.25, 0.3) is 0 Å². The first-order valence-electron chi connectivity index (χ1n) is 5.73. The lowest BCUT2D eigenvalue weighted by atomic mass is 10.2. The van der Waals surface area contributed by atoms with E-state index >= 15 is 0 Å². The van der Waals surface area contributed by atoms with Crippen molar-refractivity contribution in [3.63, 3.8) is 0 Å². The second-order valence-corrected chi connectivity index (χ2v) is 4.49. The summed E-state index contributed by atoms with van der Waals surface area (Å²) in [6, 6.07) is 5.87. The van der Waals surface area contributed by atoms with E-state index in [1.54, 1.807) is 12.1 Å². The van der Waals surface area contributed by atoms with Crippen molar-refractivity contribution in [3.8, 4) is 11.5 Å². The summed E-state index contributed by atoms with van der Waals surface area (Å²) in [4.78, 5) is 25.4. The van der Waals surface area contributed by atoms with Crippen LogP contribution in [0.4, 0.5) is 5.69 Å². The van der Waals surface area contributed by atoms with Crippen molar-refractivity contribution >= 4 is 23.2 Å². The number of halogens is 1. The summed E-state index contributed by atoms with van der Waals surface area (Å²) in [6.07, 6.45) is 1.33. The average Bonchev–Trinajstić information content (AvgIpc) is 2.87. The molecule has 1 aromatic carbocycles. The summed E-state index contributed by atoms with van der Waals surface area (Å²) >= 11 is 6.06. The lowest BCUT2D eigenvalue weighted by Gasteiger charge is -2.08. The number of benzene rings is 1. The van der Waals surface area contributed by atoms with Gasteiger partial charge in [0.1, 0.15) is 0 Å². The van der Waals surface area contributed by atoms with E-state index in [1.165, 1.54) is 18.3 Å². The fourth-order valence-electron chi connectivity index (χ4n) is 1.76. The normalized spacial score (nSPS) is 12.2. The van der Waals surface area contributed by atoms with Gasteiger partial charge in [-0.15, -0.1) is 0 Å². The van der Waals surface area contributed by atoms with Crippen molar-refractivity contribution in [1.82, 2.24) is 4.98 Å². The second kappa shape index (κ2) is 4.90. The van der Waals surface area contributed by atoms with Crippen molar-refractivity contribution in [1.29, 1.82) is 0 Å². The number of pyridine rings is 1. The third-order valence-corrected chi connectivity index (χ3v) is 3.07. The maximum Gasteiger partial charge on any atom is 0.257 e. The van der Waals surface area contributed by atoms with Crippen molar-refractivity contribution in [2.75, 3.05) is 12.1 Å². The molecule has 7 heteroatoms. The Balaban J connectivity index is 1.86. The molecule has 0 saturated carbocycles. The molecule has 6 nitrogen and oxygen atoms in total. The molecule has 2 N–H and O–H groups in total. The van der Waals surface area contributed by atoms with E-state index in [2.05, 4.69) is 10.3 Å². The van der Waals surface area contributed by atoms with E-state index in [9.17, 15) is 9.59 Å². The largest absolute Gasteiger partial charge is 0.454 e. The highest BCUT2D eigenvalue weighted by Crippen LogP contribution is 2.39. The summed E-state index contributed by atoms with van der Waals surface area (Å²) in [5, 5.41) is 2.99. The molecule has 0 unspecified atom stereocenters. The molecule has 2 aromatic rings. The molecule has 0 spiro atoms. The van der Waals surface area contributed by atoms with Gasteiger partial charge in [0, 0.05) is 24.4 Å². The molecule has 0 saturated heterocycles. The number of ether oxygens (including phenoxy) is 2. The van der Waals surface area contributed by atoms with Crippen LogP contribution in [0.2, 0.25) is 5.02 Å². The molecular weight excluding hydrogens is 284 g/mol. The Labute approximate surface area is 118 Å². The monoisotopic (exact) mass is 292 g/mol. The zero-order valence-corrected chi connectivity index (χ0v) is 10.9. The molecule has 1 amide bonds. The predicted octanol–water partition coefficient (Wildman–Crippen LogP) is 2.01. The Hall–Kier alpha value is -2.47. The highest BCUT2D eigenvalue weighted by molar-refractivity contribution is 6.34. The van der Waals surface area contributed by atoms with Gasteiger partial charge in [0.2, 0.25) is 12.4 Å². The number of anilines is 1. The summed E-state index contributed by atoms with van der Waals surface area (Å²) in [5.41, 5.74) is 0.452. The van der Waals surface area contributed by atoms with Crippen LogP contribution in [0, 0.1) is 0 Å².